The van der Waals surface area contributed by atoms with Crippen molar-refractivity contribution in [3.63, 3.8) is 0 Å². The Labute approximate surface area is 117 Å². The molecule has 0 bridgehead atoms. The van der Waals surface area contributed by atoms with Crippen LogP contribution in [0.4, 0.5) is 4.39 Å². The van der Waals surface area contributed by atoms with E-state index in [0.29, 0.717) is 5.92 Å². The highest BCUT2D eigenvalue weighted by Crippen LogP contribution is 2.31. The third-order valence-electron chi connectivity index (χ3n) is 3.12. The second-order valence-electron chi connectivity index (χ2n) is 4.18. The molecule has 1 fully saturated rings. The first-order valence-corrected chi connectivity index (χ1v) is 8.99. The van der Waals surface area contributed by atoms with Gasteiger partial charge in [0.05, 0.1) is 0 Å². The fraction of sp³-hybridized carbons (Fsp3) is 0.417. The Morgan fingerprint density at radius 1 is 1.35 bits per heavy atom. The smallest absolute Gasteiger partial charge is 0.123 e. The molecule has 1 saturated carbocycles. The van der Waals surface area contributed by atoms with Crippen molar-refractivity contribution < 1.29 is 4.39 Å². The summed E-state index contributed by atoms with van der Waals surface area (Å²) >= 11 is 2.16. The third-order valence-corrected chi connectivity index (χ3v) is 3.87. The molecule has 0 radical (unpaired) electrons. The quantitative estimate of drug-likeness (QED) is 0.488. The summed E-state index contributed by atoms with van der Waals surface area (Å²) in [7, 11) is 1.48. The Morgan fingerprint density at radius 3 is 2.76 bits per heavy atom. The molecule has 0 aromatic heterocycles. The van der Waals surface area contributed by atoms with E-state index in [9.17, 15) is 4.39 Å². The summed E-state index contributed by atoms with van der Waals surface area (Å²) in [5.74, 6) is 0.349. The summed E-state index contributed by atoms with van der Waals surface area (Å²) in [5.41, 5.74) is 2.35. The molecule has 0 aliphatic heterocycles. The van der Waals surface area contributed by atoms with E-state index in [4.69, 9.17) is 0 Å². The van der Waals surface area contributed by atoms with Crippen LogP contribution in [0.1, 0.15) is 37.2 Å². The molecule has 1 N–H and O–H groups in total. The van der Waals surface area contributed by atoms with Crippen LogP contribution in [0.15, 0.2) is 29.4 Å². The zero-order chi connectivity index (χ0) is 12.1. The van der Waals surface area contributed by atoms with Crippen LogP contribution in [0.25, 0.3) is 0 Å². The molecule has 1 aliphatic carbocycles. The number of benzene rings is 1. The van der Waals surface area contributed by atoms with Gasteiger partial charge in [-0.1, -0.05) is 12.1 Å². The monoisotopic (exact) mass is 364 g/mol. The summed E-state index contributed by atoms with van der Waals surface area (Å²) in [6, 6.07) is 6.98. The summed E-state index contributed by atoms with van der Waals surface area (Å²) in [6.07, 6.45) is 4.14. The lowest BCUT2D eigenvalue weighted by Gasteiger charge is -2.23. The van der Waals surface area contributed by atoms with E-state index >= 15 is 0 Å². The van der Waals surface area contributed by atoms with Crippen LogP contribution in [-0.4, -0.2) is 5.71 Å². The minimum Gasteiger partial charge on any atom is -0.242 e. The third kappa shape index (κ3) is 3.84. The van der Waals surface area contributed by atoms with Gasteiger partial charge in [-0.2, -0.15) is 5.10 Å². The molecule has 2 nitrogen and oxygen atoms in total. The average Bonchev–Trinajstić information content (AvgIpc) is 2.37. The fourth-order valence-corrected chi connectivity index (χ4v) is 2.70. The summed E-state index contributed by atoms with van der Waals surface area (Å²) in [6.45, 7) is 0. The van der Waals surface area contributed by atoms with E-state index in [-0.39, 0.29) is 5.82 Å². The number of nitrogens with zero attached hydrogens (tertiary/aromatic N) is 1. The standard InChI is InChI=1S/C12H14FIN2S/c13-11-3-1-2-10(8-11)9-4-6-12(7-5-9)15-16-17-14/h1-3,8-9,16H,4-7H2. The Morgan fingerprint density at radius 2 is 2.12 bits per heavy atom. The minimum atomic E-state index is -0.134. The van der Waals surface area contributed by atoms with Crippen LogP contribution in [0.2, 0.25) is 0 Å². The zero-order valence-electron chi connectivity index (χ0n) is 9.33. The Hall–Kier alpha value is -0.300. The molecule has 0 unspecified atom stereocenters. The van der Waals surface area contributed by atoms with Gasteiger partial charge in [0.15, 0.2) is 0 Å². The van der Waals surface area contributed by atoms with E-state index in [0.717, 1.165) is 31.2 Å². The van der Waals surface area contributed by atoms with Crippen LogP contribution >= 0.6 is 30.3 Å². The number of rotatable bonds is 3. The molecule has 1 aromatic carbocycles. The number of halogens is 2. The van der Waals surface area contributed by atoms with Crippen molar-refractivity contribution in [1.29, 1.82) is 0 Å². The summed E-state index contributed by atoms with van der Waals surface area (Å²) in [4.78, 5) is 2.91. The minimum absolute atomic E-state index is 0.134. The van der Waals surface area contributed by atoms with Gasteiger partial charge in [0.25, 0.3) is 0 Å². The predicted molar refractivity (Wildman–Crippen MR) is 79.8 cm³/mol. The molecule has 1 aromatic rings. The molecule has 0 atom stereocenters. The molecular weight excluding hydrogens is 350 g/mol. The molecule has 1 aliphatic rings. The molecule has 5 heteroatoms. The second-order valence-corrected chi connectivity index (χ2v) is 5.83. The van der Waals surface area contributed by atoms with E-state index in [1.165, 1.54) is 20.9 Å². The number of hydrazone groups is 1. The average molecular weight is 364 g/mol. The van der Waals surface area contributed by atoms with Crippen LogP contribution in [0.5, 0.6) is 0 Å². The van der Waals surface area contributed by atoms with Crippen molar-refractivity contribution in [3.8, 4) is 0 Å². The topological polar surface area (TPSA) is 24.4 Å². The first kappa shape index (κ1) is 13.1. The number of hydrogen-bond acceptors (Lipinski definition) is 3. The molecule has 0 spiro atoms. The lowest BCUT2D eigenvalue weighted by Crippen LogP contribution is -2.14. The number of hydrogen-bond donors (Lipinski definition) is 1. The first-order valence-electron chi connectivity index (χ1n) is 5.63. The van der Waals surface area contributed by atoms with Crippen molar-refractivity contribution >= 4 is 36.0 Å². The maximum atomic E-state index is 13.1. The van der Waals surface area contributed by atoms with Gasteiger partial charge in [0.2, 0.25) is 0 Å². The van der Waals surface area contributed by atoms with Crippen molar-refractivity contribution in [2.24, 2.45) is 5.10 Å². The van der Waals surface area contributed by atoms with Crippen molar-refractivity contribution in [2.75, 3.05) is 0 Å². The summed E-state index contributed by atoms with van der Waals surface area (Å²) in [5, 5.41) is 4.30. The van der Waals surface area contributed by atoms with E-state index in [1.807, 2.05) is 6.07 Å². The van der Waals surface area contributed by atoms with E-state index in [1.54, 1.807) is 12.1 Å². The SMILES string of the molecule is Fc1cccc(C2CCC(=NNSI)CC2)c1. The van der Waals surface area contributed by atoms with E-state index in [2.05, 4.69) is 31.1 Å². The molecule has 17 heavy (non-hydrogen) atoms. The van der Waals surface area contributed by atoms with Gasteiger partial charge in [-0.05, 0) is 49.3 Å². The summed E-state index contributed by atoms with van der Waals surface area (Å²) < 4.78 is 13.1. The normalized spacial score (nSPS) is 20.1. The highest BCUT2D eigenvalue weighted by molar-refractivity contribution is 14.2. The van der Waals surface area contributed by atoms with Crippen LogP contribution in [0, 0.1) is 5.82 Å². The molecule has 2 rings (SSSR count). The Bertz CT molecular complexity index is 401. The van der Waals surface area contributed by atoms with E-state index < -0.39 is 0 Å². The zero-order valence-corrected chi connectivity index (χ0v) is 12.3. The Balaban J connectivity index is 1.95. The predicted octanol–water partition coefficient (Wildman–Crippen LogP) is 4.43. The largest absolute Gasteiger partial charge is 0.242 e. The van der Waals surface area contributed by atoms with Gasteiger partial charge in [0.1, 0.15) is 5.82 Å². The fourth-order valence-electron chi connectivity index (χ4n) is 2.24. The molecule has 92 valence electrons. The highest BCUT2D eigenvalue weighted by atomic mass is 127. The lowest BCUT2D eigenvalue weighted by atomic mass is 9.83. The number of nitrogens with one attached hydrogen (secondary N) is 1. The maximum absolute atomic E-state index is 13.1. The van der Waals surface area contributed by atoms with Crippen molar-refractivity contribution in [2.45, 2.75) is 31.6 Å². The maximum Gasteiger partial charge on any atom is 0.123 e. The van der Waals surface area contributed by atoms with Crippen molar-refractivity contribution in [3.05, 3.63) is 35.6 Å². The Kier molecular flexibility index (Phi) is 5.09. The van der Waals surface area contributed by atoms with Gasteiger partial charge < -0.3 is 0 Å². The van der Waals surface area contributed by atoms with Crippen LogP contribution in [-0.2, 0) is 0 Å². The first-order chi connectivity index (χ1) is 8.29. The van der Waals surface area contributed by atoms with Gasteiger partial charge in [-0.15, -0.1) is 0 Å². The second kappa shape index (κ2) is 6.58. The molecular formula is C12H14FIN2S. The molecule has 0 heterocycles. The molecule has 0 saturated heterocycles. The highest BCUT2D eigenvalue weighted by Gasteiger charge is 2.19. The van der Waals surface area contributed by atoms with Crippen molar-refractivity contribution in [1.82, 2.24) is 4.83 Å². The van der Waals surface area contributed by atoms with Gasteiger partial charge in [-0.25, -0.2) is 9.22 Å². The van der Waals surface area contributed by atoms with Gasteiger partial charge >= 0.3 is 0 Å². The van der Waals surface area contributed by atoms with Gasteiger partial charge in [0, 0.05) is 36.0 Å². The van der Waals surface area contributed by atoms with Crippen LogP contribution < -0.4 is 4.83 Å². The van der Waals surface area contributed by atoms with Crippen LogP contribution in [0.3, 0.4) is 0 Å². The molecule has 0 amide bonds. The van der Waals surface area contributed by atoms with Gasteiger partial charge in [-0.3, -0.25) is 0 Å². The lowest BCUT2D eigenvalue weighted by molar-refractivity contribution is 0.556.